The van der Waals surface area contributed by atoms with Crippen LogP contribution in [-0.4, -0.2) is 46.3 Å². The Hall–Kier alpha value is -1.62. The molecule has 1 aliphatic heterocycles. The maximum absolute atomic E-state index is 13.2. The largest absolute Gasteiger partial charge is 0.337 e. The lowest BCUT2D eigenvalue weighted by molar-refractivity contribution is 0.0753. The van der Waals surface area contributed by atoms with E-state index < -0.39 is 0 Å². The highest BCUT2D eigenvalue weighted by atomic mass is 16.2. The zero-order valence-corrected chi connectivity index (χ0v) is 15.9. The van der Waals surface area contributed by atoms with E-state index in [1.807, 2.05) is 15.7 Å². The van der Waals surface area contributed by atoms with Crippen molar-refractivity contribution in [2.24, 2.45) is 5.92 Å². The number of nitrogens with one attached hydrogen (secondary N) is 1. The number of allylic oxidation sites excluding steroid dienone is 1. The molecule has 0 unspecified atom stereocenters. The van der Waals surface area contributed by atoms with Crippen LogP contribution in [0.1, 0.15) is 66.7 Å². The molecule has 1 saturated heterocycles. The van der Waals surface area contributed by atoms with Crippen LogP contribution in [0.15, 0.2) is 12.7 Å². The van der Waals surface area contributed by atoms with Crippen LogP contribution in [0.25, 0.3) is 0 Å². The van der Waals surface area contributed by atoms with Crippen LogP contribution < -0.4 is 5.32 Å². The van der Waals surface area contributed by atoms with Crippen molar-refractivity contribution in [3.63, 3.8) is 0 Å². The van der Waals surface area contributed by atoms with Crippen molar-refractivity contribution in [2.45, 2.75) is 70.4 Å². The second-order valence-electron chi connectivity index (χ2n) is 8.24. The molecule has 5 heteroatoms. The topological polar surface area (TPSA) is 50.2 Å². The first kappa shape index (κ1) is 17.8. The molecule has 3 aliphatic rings. The van der Waals surface area contributed by atoms with Crippen LogP contribution in [0.5, 0.6) is 0 Å². The van der Waals surface area contributed by atoms with Crippen LogP contribution in [0.4, 0.5) is 0 Å². The lowest BCUT2D eigenvalue weighted by Gasteiger charge is -2.25. The van der Waals surface area contributed by atoms with E-state index >= 15 is 0 Å². The van der Waals surface area contributed by atoms with Crippen molar-refractivity contribution in [1.82, 2.24) is 20.0 Å². The predicted molar refractivity (Wildman–Crippen MR) is 103 cm³/mol. The molecule has 4 rings (SSSR count). The molecule has 2 heterocycles. The van der Waals surface area contributed by atoms with Crippen LogP contribution in [0, 0.1) is 5.92 Å². The molecule has 0 bridgehead atoms. The molecule has 1 amide bonds. The minimum Gasteiger partial charge on any atom is -0.337 e. The number of carbonyl (C=O) groups excluding carboxylic acids is 1. The van der Waals surface area contributed by atoms with Crippen molar-refractivity contribution in [2.75, 3.05) is 19.6 Å². The Balaban J connectivity index is 1.55. The lowest BCUT2D eigenvalue weighted by Crippen LogP contribution is -2.37. The monoisotopic (exact) mass is 356 g/mol. The third-order valence-electron chi connectivity index (χ3n) is 6.14. The van der Waals surface area contributed by atoms with Gasteiger partial charge in [-0.25, -0.2) is 0 Å². The number of carbonyl (C=O) groups is 1. The third-order valence-corrected chi connectivity index (χ3v) is 6.14. The number of fused-ring (bicyclic) bond motifs is 1. The van der Waals surface area contributed by atoms with Gasteiger partial charge in [0.15, 0.2) is 5.69 Å². The summed E-state index contributed by atoms with van der Waals surface area (Å²) in [4.78, 5) is 15.3. The van der Waals surface area contributed by atoms with Crippen molar-refractivity contribution < 1.29 is 4.79 Å². The molecule has 1 saturated carbocycles. The molecule has 26 heavy (non-hydrogen) atoms. The van der Waals surface area contributed by atoms with Gasteiger partial charge >= 0.3 is 0 Å². The van der Waals surface area contributed by atoms with Crippen LogP contribution in [-0.2, 0) is 19.4 Å². The molecule has 142 valence electrons. The minimum atomic E-state index is 0.147. The molecule has 2 aliphatic carbocycles. The number of rotatable bonds is 6. The van der Waals surface area contributed by atoms with E-state index in [0.717, 1.165) is 57.7 Å². The summed E-state index contributed by atoms with van der Waals surface area (Å²) < 4.78 is 2.02. The Labute approximate surface area is 156 Å². The third kappa shape index (κ3) is 3.88. The van der Waals surface area contributed by atoms with Crippen LogP contribution in [0.3, 0.4) is 0 Å². The zero-order chi connectivity index (χ0) is 17.9. The normalized spacial score (nSPS) is 23.4. The summed E-state index contributed by atoms with van der Waals surface area (Å²) in [5, 5.41) is 8.50. The number of amides is 1. The summed E-state index contributed by atoms with van der Waals surface area (Å²) in [5.74, 6) is 1.03. The quantitative estimate of drug-likeness (QED) is 0.797. The van der Waals surface area contributed by atoms with Crippen LogP contribution >= 0.6 is 0 Å². The van der Waals surface area contributed by atoms with E-state index in [1.165, 1.54) is 36.9 Å². The summed E-state index contributed by atoms with van der Waals surface area (Å²) in [6.07, 6.45) is 12.4. The highest BCUT2D eigenvalue weighted by Gasteiger charge is 2.32. The average molecular weight is 357 g/mol. The van der Waals surface area contributed by atoms with Crippen molar-refractivity contribution in [1.29, 1.82) is 0 Å². The molecule has 2 fully saturated rings. The predicted octanol–water partition coefficient (Wildman–Crippen LogP) is 2.94. The number of hydrogen-bond donors (Lipinski definition) is 1. The molecule has 0 spiro atoms. The van der Waals surface area contributed by atoms with E-state index in [4.69, 9.17) is 5.10 Å². The fourth-order valence-corrected chi connectivity index (χ4v) is 4.39. The molecule has 1 N–H and O–H groups in total. The molecule has 1 atom stereocenters. The van der Waals surface area contributed by atoms with Crippen LogP contribution in [0.2, 0.25) is 0 Å². The Morgan fingerprint density at radius 3 is 2.65 bits per heavy atom. The van der Waals surface area contributed by atoms with Gasteiger partial charge in [0.25, 0.3) is 5.91 Å². The molecule has 0 radical (unpaired) electrons. The first-order valence-electron chi connectivity index (χ1n) is 10.5. The standard InChI is InChI=1S/C21H32N4O/c1-2-11-25-19-10-9-17(22-15-16-7-8-16)14-18(19)20(23-25)21(26)24-12-5-3-4-6-13-24/h2,16-17,22H,1,3-15H2/t17-/m1/s1. The molecule has 1 aromatic heterocycles. The van der Waals surface area contributed by atoms with Gasteiger partial charge < -0.3 is 10.2 Å². The van der Waals surface area contributed by atoms with Gasteiger partial charge in [-0.3, -0.25) is 9.48 Å². The summed E-state index contributed by atoms with van der Waals surface area (Å²) in [5.41, 5.74) is 3.16. The van der Waals surface area contributed by atoms with Crippen molar-refractivity contribution in [3.05, 3.63) is 29.6 Å². The van der Waals surface area contributed by atoms with E-state index in [0.29, 0.717) is 18.3 Å². The number of hydrogen-bond acceptors (Lipinski definition) is 3. The van der Waals surface area contributed by atoms with Gasteiger partial charge in [-0.15, -0.1) is 6.58 Å². The van der Waals surface area contributed by atoms with Crippen molar-refractivity contribution in [3.8, 4) is 0 Å². The summed E-state index contributed by atoms with van der Waals surface area (Å²) in [6.45, 7) is 7.45. The highest BCUT2D eigenvalue weighted by Crippen LogP contribution is 2.30. The van der Waals surface area contributed by atoms with Gasteiger partial charge in [0.2, 0.25) is 0 Å². The Morgan fingerprint density at radius 1 is 1.19 bits per heavy atom. The van der Waals surface area contributed by atoms with E-state index in [9.17, 15) is 4.79 Å². The second kappa shape index (κ2) is 7.95. The maximum atomic E-state index is 13.2. The second-order valence-corrected chi connectivity index (χ2v) is 8.24. The van der Waals surface area contributed by atoms with E-state index in [2.05, 4.69) is 11.9 Å². The SMILES string of the molecule is C=CCn1nc(C(=O)N2CCCCCC2)c2c1CC[C@@H](NCC1CC1)C2. The fourth-order valence-electron chi connectivity index (χ4n) is 4.39. The summed E-state index contributed by atoms with van der Waals surface area (Å²) in [7, 11) is 0. The first-order valence-corrected chi connectivity index (χ1v) is 10.5. The van der Waals surface area contributed by atoms with E-state index in [-0.39, 0.29) is 5.91 Å². The number of aromatic nitrogens is 2. The minimum absolute atomic E-state index is 0.147. The molecular weight excluding hydrogens is 324 g/mol. The van der Waals surface area contributed by atoms with E-state index in [1.54, 1.807) is 0 Å². The Bertz CT molecular complexity index is 653. The van der Waals surface area contributed by atoms with Gasteiger partial charge in [0.1, 0.15) is 0 Å². The van der Waals surface area contributed by atoms with Gasteiger partial charge in [-0.2, -0.15) is 5.10 Å². The van der Waals surface area contributed by atoms with Gasteiger partial charge in [0, 0.05) is 30.4 Å². The zero-order valence-electron chi connectivity index (χ0n) is 15.9. The van der Waals surface area contributed by atoms with Gasteiger partial charge in [-0.1, -0.05) is 18.9 Å². The number of nitrogens with zero attached hydrogens (tertiary/aromatic N) is 3. The molecular formula is C21H32N4O. The first-order chi connectivity index (χ1) is 12.8. The van der Waals surface area contributed by atoms with Gasteiger partial charge in [0.05, 0.1) is 6.54 Å². The molecule has 1 aromatic rings. The van der Waals surface area contributed by atoms with Crippen molar-refractivity contribution >= 4 is 5.91 Å². The summed E-state index contributed by atoms with van der Waals surface area (Å²) >= 11 is 0. The Kier molecular flexibility index (Phi) is 5.44. The lowest BCUT2D eigenvalue weighted by atomic mass is 9.91. The number of likely N-dealkylation sites (tertiary alicyclic amines) is 1. The molecule has 0 aromatic carbocycles. The highest BCUT2D eigenvalue weighted by molar-refractivity contribution is 5.94. The Morgan fingerprint density at radius 2 is 1.96 bits per heavy atom. The smallest absolute Gasteiger partial charge is 0.274 e. The fraction of sp³-hybridized carbons (Fsp3) is 0.714. The summed E-state index contributed by atoms with van der Waals surface area (Å²) in [6, 6.07) is 0.486. The maximum Gasteiger partial charge on any atom is 0.274 e. The average Bonchev–Trinajstić information content (AvgIpc) is 3.46. The van der Waals surface area contributed by atoms with Gasteiger partial charge in [-0.05, 0) is 57.4 Å². The molecule has 5 nitrogen and oxygen atoms in total.